The molecule has 3 rings (SSSR count). The van der Waals surface area contributed by atoms with Crippen LogP contribution in [0.3, 0.4) is 0 Å². The summed E-state index contributed by atoms with van der Waals surface area (Å²) in [6, 6.07) is 7.47. The van der Waals surface area contributed by atoms with Crippen LogP contribution < -0.4 is 5.43 Å². The lowest BCUT2D eigenvalue weighted by Crippen LogP contribution is -2.23. The summed E-state index contributed by atoms with van der Waals surface area (Å²) in [6.45, 7) is 1.94. The van der Waals surface area contributed by atoms with Gasteiger partial charge < -0.3 is 0 Å². The molecule has 0 aliphatic carbocycles. The smallest absolute Gasteiger partial charge is 0.261 e. The van der Waals surface area contributed by atoms with Gasteiger partial charge in [0, 0.05) is 18.8 Å². The molecule has 8 heteroatoms. The second-order valence-corrected chi connectivity index (χ2v) is 4.87. The molecule has 0 bridgehead atoms. The molecule has 1 aromatic carbocycles. The minimum atomic E-state index is -0.270. The Morgan fingerprint density at radius 3 is 3.00 bits per heavy atom. The molecule has 2 aromatic heterocycles. The van der Waals surface area contributed by atoms with Crippen LogP contribution in [0.4, 0.5) is 0 Å². The largest absolute Gasteiger partial charge is 0.275 e. The summed E-state index contributed by atoms with van der Waals surface area (Å²) >= 11 is 0. The second-order valence-electron chi connectivity index (χ2n) is 4.87. The van der Waals surface area contributed by atoms with Gasteiger partial charge in [-0.25, -0.2) is 10.1 Å². The first-order valence-electron chi connectivity index (χ1n) is 6.74. The topological polar surface area (TPSA) is 90.0 Å². The predicted octanol–water partition coefficient (Wildman–Crippen LogP) is 0.624. The lowest BCUT2D eigenvalue weighted by atomic mass is 10.3. The second kappa shape index (κ2) is 5.76. The third-order valence-corrected chi connectivity index (χ3v) is 3.16. The predicted molar refractivity (Wildman–Crippen MR) is 81.2 cm³/mol. The Labute approximate surface area is 126 Å². The van der Waals surface area contributed by atoms with E-state index >= 15 is 0 Å². The van der Waals surface area contributed by atoms with E-state index in [4.69, 9.17) is 0 Å². The summed E-state index contributed by atoms with van der Waals surface area (Å²) in [5.74, 6) is -0.270. The zero-order valence-electron chi connectivity index (χ0n) is 12.3. The minimum Gasteiger partial charge on any atom is -0.275 e. The highest BCUT2D eigenvalue weighted by molar-refractivity contribution is 5.83. The normalized spacial score (nSPS) is 11.4. The van der Waals surface area contributed by atoms with Crippen LogP contribution in [0.1, 0.15) is 11.3 Å². The lowest BCUT2D eigenvalue weighted by molar-refractivity contribution is -0.121. The van der Waals surface area contributed by atoms with Gasteiger partial charge in [-0.3, -0.25) is 9.48 Å². The quantitative estimate of drug-likeness (QED) is 0.565. The van der Waals surface area contributed by atoms with E-state index in [1.807, 2.05) is 44.4 Å². The number of carbonyl (C=O) groups excluding carboxylic acids is 1. The molecule has 0 spiro atoms. The third-order valence-electron chi connectivity index (χ3n) is 3.16. The minimum absolute atomic E-state index is 0.0594. The number of hydrogen-bond acceptors (Lipinski definition) is 5. The molecule has 3 aromatic rings. The highest BCUT2D eigenvalue weighted by atomic mass is 16.2. The number of carbonyl (C=O) groups is 1. The van der Waals surface area contributed by atoms with Gasteiger partial charge in [0.1, 0.15) is 12.1 Å². The Bertz CT molecular complexity index is 846. The average molecular weight is 297 g/mol. The molecule has 22 heavy (non-hydrogen) atoms. The number of rotatable bonds is 4. The van der Waals surface area contributed by atoms with Crippen molar-refractivity contribution in [2.45, 2.75) is 13.5 Å². The summed E-state index contributed by atoms with van der Waals surface area (Å²) in [5.41, 5.74) is 5.75. The van der Waals surface area contributed by atoms with Crippen LogP contribution in [0.25, 0.3) is 11.0 Å². The van der Waals surface area contributed by atoms with Crippen molar-refractivity contribution >= 4 is 23.2 Å². The van der Waals surface area contributed by atoms with E-state index in [-0.39, 0.29) is 12.5 Å². The first kappa shape index (κ1) is 13.9. The molecule has 8 nitrogen and oxygen atoms in total. The van der Waals surface area contributed by atoms with Crippen molar-refractivity contribution in [3.05, 3.63) is 41.7 Å². The highest BCUT2D eigenvalue weighted by Crippen LogP contribution is 2.09. The fraction of sp³-hybridized carbons (Fsp3) is 0.214. The molecular formula is C14H15N7O. The average Bonchev–Trinajstić information content (AvgIpc) is 3.03. The zero-order chi connectivity index (χ0) is 15.5. The van der Waals surface area contributed by atoms with Crippen LogP contribution in [0.5, 0.6) is 0 Å². The van der Waals surface area contributed by atoms with Gasteiger partial charge in [0.25, 0.3) is 5.91 Å². The molecule has 112 valence electrons. The molecule has 0 fully saturated rings. The fourth-order valence-corrected chi connectivity index (χ4v) is 2.12. The summed E-state index contributed by atoms with van der Waals surface area (Å²) in [4.78, 5) is 11.9. The van der Waals surface area contributed by atoms with Gasteiger partial charge in [-0.1, -0.05) is 17.3 Å². The highest BCUT2D eigenvalue weighted by Gasteiger charge is 2.07. The van der Waals surface area contributed by atoms with Gasteiger partial charge in [0.2, 0.25) is 0 Å². The zero-order valence-corrected chi connectivity index (χ0v) is 12.3. The molecule has 0 saturated heterocycles. The van der Waals surface area contributed by atoms with Gasteiger partial charge in [0.15, 0.2) is 0 Å². The van der Waals surface area contributed by atoms with Crippen molar-refractivity contribution in [2.75, 3.05) is 0 Å². The number of hydrogen-bond donors (Lipinski definition) is 1. The van der Waals surface area contributed by atoms with Crippen molar-refractivity contribution in [3.8, 4) is 0 Å². The van der Waals surface area contributed by atoms with Crippen LogP contribution in [0.15, 0.2) is 35.6 Å². The maximum Gasteiger partial charge on any atom is 0.261 e. The van der Waals surface area contributed by atoms with E-state index in [1.54, 1.807) is 10.9 Å². The van der Waals surface area contributed by atoms with Crippen molar-refractivity contribution in [2.24, 2.45) is 12.1 Å². The Kier molecular flexibility index (Phi) is 3.65. The van der Waals surface area contributed by atoms with Crippen molar-refractivity contribution in [1.82, 2.24) is 30.2 Å². The maximum absolute atomic E-state index is 11.9. The Hall–Kier alpha value is -3.03. The van der Waals surface area contributed by atoms with Crippen LogP contribution in [-0.4, -0.2) is 36.9 Å². The first-order valence-corrected chi connectivity index (χ1v) is 6.74. The number of nitrogens with zero attached hydrogens (tertiary/aromatic N) is 6. The summed E-state index contributed by atoms with van der Waals surface area (Å²) in [7, 11) is 1.83. The van der Waals surface area contributed by atoms with Crippen LogP contribution in [-0.2, 0) is 18.4 Å². The molecule has 0 aliphatic rings. The van der Waals surface area contributed by atoms with Crippen LogP contribution >= 0.6 is 0 Å². The first-order chi connectivity index (χ1) is 10.6. The van der Waals surface area contributed by atoms with Gasteiger partial charge in [-0.2, -0.15) is 10.2 Å². The number of hydrazone groups is 1. The molecule has 0 saturated carbocycles. The van der Waals surface area contributed by atoms with Crippen molar-refractivity contribution < 1.29 is 4.79 Å². The number of aryl methyl sites for hydroxylation is 2. The van der Waals surface area contributed by atoms with Crippen molar-refractivity contribution in [3.63, 3.8) is 0 Å². The number of para-hydroxylation sites is 1. The van der Waals surface area contributed by atoms with Crippen molar-refractivity contribution in [1.29, 1.82) is 0 Å². The standard InChI is InChI=1S/C14H15N7O/c1-10-11(8-20(2)18-10)7-15-17-14(22)9-21-13-6-4-3-5-12(13)16-19-21/h3-8H,9H2,1-2H3,(H,17,22)/b15-7+. The van der Waals surface area contributed by atoms with E-state index in [0.29, 0.717) is 0 Å². The van der Waals surface area contributed by atoms with E-state index in [1.165, 1.54) is 4.68 Å². The van der Waals surface area contributed by atoms with Gasteiger partial charge >= 0.3 is 0 Å². The van der Waals surface area contributed by atoms with Gasteiger partial charge in [-0.05, 0) is 19.1 Å². The SMILES string of the molecule is Cc1nn(C)cc1/C=N/NC(=O)Cn1nnc2ccccc21. The fourth-order valence-electron chi connectivity index (χ4n) is 2.12. The Balaban J connectivity index is 1.64. The monoisotopic (exact) mass is 297 g/mol. The van der Waals surface area contributed by atoms with E-state index < -0.39 is 0 Å². The van der Waals surface area contributed by atoms with Crippen LogP contribution in [0.2, 0.25) is 0 Å². The summed E-state index contributed by atoms with van der Waals surface area (Å²) < 4.78 is 3.23. The molecule has 1 N–H and O–H groups in total. The van der Waals surface area contributed by atoms with E-state index in [0.717, 1.165) is 22.3 Å². The lowest BCUT2D eigenvalue weighted by Gasteiger charge is -2.00. The molecule has 0 unspecified atom stereocenters. The number of nitrogens with one attached hydrogen (secondary N) is 1. The summed E-state index contributed by atoms with van der Waals surface area (Å²) in [5, 5.41) is 16.1. The van der Waals surface area contributed by atoms with E-state index in [9.17, 15) is 4.79 Å². The Morgan fingerprint density at radius 2 is 2.23 bits per heavy atom. The van der Waals surface area contributed by atoms with Gasteiger partial charge in [-0.15, -0.1) is 5.10 Å². The molecule has 1 amide bonds. The van der Waals surface area contributed by atoms with Crippen LogP contribution in [0, 0.1) is 6.92 Å². The number of amides is 1. The number of benzene rings is 1. The van der Waals surface area contributed by atoms with E-state index in [2.05, 4.69) is 25.9 Å². The number of fused-ring (bicyclic) bond motifs is 1. The molecule has 0 atom stereocenters. The summed E-state index contributed by atoms with van der Waals surface area (Å²) in [6.07, 6.45) is 3.40. The molecule has 0 aliphatic heterocycles. The molecular weight excluding hydrogens is 282 g/mol. The third kappa shape index (κ3) is 2.85. The van der Waals surface area contributed by atoms with Gasteiger partial charge in [0.05, 0.1) is 17.4 Å². The molecule has 2 heterocycles. The number of aromatic nitrogens is 5. The molecule has 0 radical (unpaired) electrons. The Morgan fingerprint density at radius 1 is 1.41 bits per heavy atom. The maximum atomic E-state index is 11.9.